The van der Waals surface area contributed by atoms with E-state index < -0.39 is 14.9 Å². The van der Waals surface area contributed by atoms with E-state index in [1.54, 1.807) is 36.4 Å². The van der Waals surface area contributed by atoms with Crippen molar-refractivity contribution >= 4 is 21.4 Å². The van der Waals surface area contributed by atoms with Gasteiger partial charge >= 0.3 is 0 Å². The predicted molar refractivity (Wildman–Crippen MR) is 109 cm³/mol. The molecule has 0 saturated heterocycles. The van der Waals surface area contributed by atoms with Crippen molar-refractivity contribution in [3.63, 3.8) is 0 Å². The number of rotatable bonds is 8. The van der Waals surface area contributed by atoms with Gasteiger partial charge in [0.05, 0.1) is 9.82 Å². The summed E-state index contributed by atoms with van der Waals surface area (Å²) in [6.45, 7) is 0.507. The van der Waals surface area contributed by atoms with Gasteiger partial charge in [-0.15, -0.1) is 0 Å². The van der Waals surface area contributed by atoms with E-state index in [2.05, 4.69) is 10.0 Å². The highest BCUT2D eigenvalue weighted by molar-refractivity contribution is 7.89. The van der Waals surface area contributed by atoms with Crippen LogP contribution in [-0.4, -0.2) is 26.4 Å². The molecule has 0 aliphatic heterocycles. The monoisotopic (exact) mass is 397 g/mol. The average Bonchev–Trinajstić information content (AvgIpc) is 2.72. The highest BCUT2D eigenvalue weighted by Gasteiger charge is 2.18. The maximum absolute atomic E-state index is 12.7. The molecule has 0 aliphatic carbocycles. The third kappa shape index (κ3) is 4.73. The largest absolute Gasteiger partial charge is 0.384 e. The summed E-state index contributed by atoms with van der Waals surface area (Å²) in [5, 5.41) is 13.7. The Bertz CT molecular complexity index is 1050. The quantitative estimate of drug-likeness (QED) is 0.343. The third-order valence-electron chi connectivity index (χ3n) is 4.09. The van der Waals surface area contributed by atoms with Crippen LogP contribution < -0.4 is 10.0 Å². The molecule has 8 heteroatoms. The third-order valence-corrected chi connectivity index (χ3v) is 5.60. The van der Waals surface area contributed by atoms with Gasteiger partial charge in [0.25, 0.3) is 5.69 Å². The first-order valence-corrected chi connectivity index (χ1v) is 10.1. The zero-order valence-electron chi connectivity index (χ0n) is 14.9. The Morgan fingerprint density at radius 1 is 0.821 bits per heavy atom. The SMILES string of the molecule is O=[N+]([O-])c1ccc(NCCNS(=O)(=O)c2ccccc2-c2ccccc2)cc1. The van der Waals surface area contributed by atoms with Crippen molar-refractivity contribution in [2.75, 3.05) is 18.4 Å². The van der Waals surface area contributed by atoms with Gasteiger partial charge in [0.2, 0.25) is 10.0 Å². The van der Waals surface area contributed by atoms with E-state index in [0.29, 0.717) is 17.8 Å². The van der Waals surface area contributed by atoms with Crippen molar-refractivity contribution in [3.05, 3.63) is 89.0 Å². The normalized spacial score (nSPS) is 11.1. The molecular formula is C20H19N3O4S. The molecule has 3 rings (SSSR count). The first-order valence-electron chi connectivity index (χ1n) is 8.60. The highest BCUT2D eigenvalue weighted by atomic mass is 32.2. The van der Waals surface area contributed by atoms with Crippen LogP contribution in [0.2, 0.25) is 0 Å². The number of nitro benzene ring substituents is 1. The molecule has 0 bridgehead atoms. The minimum Gasteiger partial charge on any atom is -0.384 e. The van der Waals surface area contributed by atoms with Gasteiger partial charge in [0, 0.05) is 36.5 Å². The van der Waals surface area contributed by atoms with Crippen LogP contribution in [0.5, 0.6) is 0 Å². The molecule has 0 amide bonds. The second-order valence-electron chi connectivity index (χ2n) is 5.99. The molecule has 2 N–H and O–H groups in total. The molecule has 0 heterocycles. The maximum atomic E-state index is 12.7. The van der Waals surface area contributed by atoms with Crippen molar-refractivity contribution in [1.29, 1.82) is 0 Å². The molecule has 0 aromatic heterocycles. The van der Waals surface area contributed by atoms with Crippen molar-refractivity contribution in [2.45, 2.75) is 4.90 Å². The number of sulfonamides is 1. The van der Waals surface area contributed by atoms with Gasteiger partial charge in [-0.05, 0) is 23.8 Å². The fraction of sp³-hybridized carbons (Fsp3) is 0.100. The highest BCUT2D eigenvalue weighted by Crippen LogP contribution is 2.26. The van der Waals surface area contributed by atoms with Crippen molar-refractivity contribution in [2.24, 2.45) is 0 Å². The molecule has 3 aromatic carbocycles. The van der Waals surface area contributed by atoms with Crippen LogP contribution in [0, 0.1) is 10.1 Å². The average molecular weight is 397 g/mol. The number of nitro groups is 1. The number of anilines is 1. The molecule has 3 aromatic rings. The molecule has 0 atom stereocenters. The molecule has 0 fully saturated rings. The number of benzene rings is 3. The molecule has 28 heavy (non-hydrogen) atoms. The van der Waals surface area contributed by atoms with Crippen LogP contribution in [0.3, 0.4) is 0 Å². The summed E-state index contributed by atoms with van der Waals surface area (Å²) in [4.78, 5) is 10.4. The minimum absolute atomic E-state index is 0.00349. The van der Waals surface area contributed by atoms with E-state index in [4.69, 9.17) is 0 Å². The summed E-state index contributed by atoms with van der Waals surface area (Å²) in [5.74, 6) is 0. The Morgan fingerprint density at radius 2 is 1.46 bits per heavy atom. The smallest absolute Gasteiger partial charge is 0.269 e. The standard InChI is InChI=1S/C20H19N3O4S/c24-23(25)18-12-10-17(11-13-18)21-14-15-22-28(26,27)20-9-5-4-8-19(20)16-6-2-1-3-7-16/h1-13,21-22H,14-15H2. The summed E-state index contributed by atoms with van der Waals surface area (Å²) in [6, 6.07) is 22.1. The predicted octanol–water partition coefficient (Wildman–Crippen LogP) is 3.65. The molecular weight excluding hydrogens is 378 g/mol. The zero-order chi connectivity index (χ0) is 20.0. The molecule has 0 aliphatic rings. The first kappa shape index (κ1) is 19.5. The summed E-state index contributed by atoms with van der Waals surface area (Å²) >= 11 is 0. The van der Waals surface area contributed by atoms with Gasteiger partial charge in [-0.1, -0.05) is 48.5 Å². The fourth-order valence-electron chi connectivity index (χ4n) is 2.73. The summed E-state index contributed by atoms with van der Waals surface area (Å²) in [5.41, 5.74) is 2.14. The molecule has 144 valence electrons. The van der Waals surface area contributed by atoms with Crippen LogP contribution in [-0.2, 0) is 10.0 Å². The van der Waals surface area contributed by atoms with Gasteiger partial charge in [-0.25, -0.2) is 13.1 Å². The van der Waals surface area contributed by atoms with Crippen LogP contribution in [0.15, 0.2) is 83.8 Å². The van der Waals surface area contributed by atoms with Crippen molar-refractivity contribution in [1.82, 2.24) is 4.72 Å². The molecule has 0 spiro atoms. The van der Waals surface area contributed by atoms with Crippen LogP contribution in [0.25, 0.3) is 11.1 Å². The lowest BCUT2D eigenvalue weighted by atomic mass is 10.1. The number of hydrogen-bond donors (Lipinski definition) is 2. The lowest BCUT2D eigenvalue weighted by Crippen LogP contribution is -2.29. The Hall–Kier alpha value is -3.23. The number of non-ortho nitro benzene ring substituents is 1. The fourth-order valence-corrected chi connectivity index (χ4v) is 3.99. The van der Waals surface area contributed by atoms with E-state index in [9.17, 15) is 18.5 Å². The van der Waals surface area contributed by atoms with Gasteiger partial charge in [-0.3, -0.25) is 10.1 Å². The van der Waals surface area contributed by atoms with Crippen LogP contribution in [0.1, 0.15) is 0 Å². The van der Waals surface area contributed by atoms with Crippen molar-refractivity contribution < 1.29 is 13.3 Å². The van der Waals surface area contributed by atoms with E-state index in [1.165, 1.54) is 12.1 Å². The van der Waals surface area contributed by atoms with Crippen molar-refractivity contribution in [3.8, 4) is 11.1 Å². The minimum atomic E-state index is -3.69. The number of nitrogens with zero attached hydrogens (tertiary/aromatic N) is 1. The Kier molecular flexibility index (Phi) is 6.03. The lowest BCUT2D eigenvalue weighted by molar-refractivity contribution is -0.384. The second-order valence-corrected chi connectivity index (χ2v) is 7.73. The van der Waals surface area contributed by atoms with E-state index in [0.717, 1.165) is 5.56 Å². The lowest BCUT2D eigenvalue weighted by Gasteiger charge is -2.12. The van der Waals surface area contributed by atoms with Crippen LogP contribution >= 0.6 is 0 Å². The van der Waals surface area contributed by atoms with Gasteiger partial charge in [0.15, 0.2) is 0 Å². The molecule has 0 unspecified atom stereocenters. The van der Waals surface area contributed by atoms with Gasteiger partial charge in [-0.2, -0.15) is 0 Å². The Morgan fingerprint density at radius 3 is 2.14 bits per heavy atom. The molecule has 0 saturated carbocycles. The van der Waals surface area contributed by atoms with E-state index >= 15 is 0 Å². The number of nitrogens with one attached hydrogen (secondary N) is 2. The molecule has 0 radical (unpaired) electrons. The van der Waals surface area contributed by atoms with Gasteiger partial charge in [0.1, 0.15) is 0 Å². The Balaban J connectivity index is 1.64. The van der Waals surface area contributed by atoms with Crippen LogP contribution in [0.4, 0.5) is 11.4 Å². The number of hydrogen-bond acceptors (Lipinski definition) is 5. The van der Waals surface area contributed by atoms with Gasteiger partial charge < -0.3 is 5.32 Å². The zero-order valence-corrected chi connectivity index (χ0v) is 15.7. The second kappa shape index (κ2) is 8.64. The Labute approximate surface area is 163 Å². The molecule has 7 nitrogen and oxygen atoms in total. The van der Waals surface area contributed by atoms with E-state index in [-0.39, 0.29) is 17.1 Å². The summed E-state index contributed by atoms with van der Waals surface area (Å²) in [6.07, 6.45) is 0. The topological polar surface area (TPSA) is 101 Å². The first-order chi connectivity index (χ1) is 13.5. The summed E-state index contributed by atoms with van der Waals surface area (Å²) < 4.78 is 28.1. The summed E-state index contributed by atoms with van der Waals surface area (Å²) in [7, 11) is -3.69. The maximum Gasteiger partial charge on any atom is 0.269 e. The van der Waals surface area contributed by atoms with E-state index in [1.807, 2.05) is 30.3 Å².